The van der Waals surface area contributed by atoms with Crippen LogP contribution in [0.3, 0.4) is 0 Å². The maximum Gasteiger partial charge on any atom is 0.135 e. The fraction of sp³-hybridized carbons (Fsp3) is 0. The predicted molar refractivity (Wildman–Crippen MR) is 241 cm³/mol. The Bertz CT molecular complexity index is 3010. The van der Waals surface area contributed by atoms with E-state index in [9.17, 15) is 0 Å². The summed E-state index contributed by atoms with van der Waals surface area (Å²) in [5.74, 6) is 1.71. The summed E-state index contributed by atoms with van der Waals surface area (Å²) in [4.78, 5) is 7.17. The van der Waals surface area contributed by atoms with Gasteiger partial charge in [0.2, 0.25) is 0 Å². The van der Waals surface area contributed by atoms with E-state index in [2.05, 4.69) is 169 Å². The average molecular weight is 763 g/mol. The van der Waals surface area contributed by atoms with Gasteiger partial charge in [0.25, 0.3) is 0 Å². The molecule has 11 aromatic rings. The van der Waals surface area contributed by atoms with Gasteiger partial charge in [0.1, 0.15) is 27.7 Å². The molecule has 11 rings (SSSR count). The first kappa shape index (κ1) is 33.8. The second-order valence-electron chi connectivity index (χ2n) is 14.4. The minimum Gasteiger partial charge on any atom is -0.456 e. The van der Waals surface area contributed by atoms with Crippen LogP contribution in [0.1, 0.15) is 0 Å². The van der Waals surface area contributed by atoms with Crippen molar-refractivity contribution in [2.45, 2.75) is 0 Å². The third-order valence-corrected chi connectivity index (χ3v) is 11.8. The van der Waals surface area contributed by atoms with Crippen LogP contribution in [-0.2, 0) is 0 Å². The van der Waals surface area contributed by atoms with Crippen LogP contribution >= 0.6 is 11.3 Å². The van der Waals surface area contributed by atoms with Crippen molar-refractivity contribution in [2.24, 2.45) is 0 Å². The van der Waals surface area contributed by atoms with E-state index < -0.39 is 0 Å². The topological polar surface area (TPSA) is 42.4 Å². The Morgan fingerprint density at radius 3 is 1.31 bits per heavy atom. The Morgan fingerprint density at radius 2 is 0.793 bits per heavy atom. The van der Waals surface area contributed by atoms with Gasteiger partial charge < -0.3 is 13.7 Å². The van der Waals surface area contributed by atoms with Crippen LogP contribution in [0.15, 0.2) is 215 Å². The second-order valence-corrected chi connectivity index (χ2v) is 15.4. The van der Waals surface area contributed by atoms with Crippen LogP contribution in [0.4, 0.5) is 17.1 Å². The molecule has 0 spiro atoms. The molecule has 5 heteroatoms. The minimum atomic E-state index is 0.853. The highest BCUT2D eigenvalue weighted by molar-refractivity contribution is 7.21. The summed E-state index contributed by atoms with van der Waals surface area (Å²) in [5, 5.41) is 3.24. The molecule has 0 bridgehead atoms. The molecule has 0 N–H and O–H groups in total. The molecule has 0 amide bonds. The number of hydrogen-bond acceptors (Lipinski definition) is 5. The van der Waals surface area contributed by atoms with E-state index >= 15 is 0 Å². The molecule has 3 aromatic heterocycles. The van der Waals surface area contributed by atoms with Gasteiger partial charge in [-0.1, -0.05) is 109 Å². The molecule has 0 radical (unpaired) electrons. The highest BCUT2D eigenvalue weighted by Gasteiger charge is 2.16. The average Bonchev–Trinajstić information content (AvgIpc) is 4.05. The summed E-state index contributed by atoms with van der Waals surface area (Å²) in [6.45, 7) is 0. The zero-order valence-electron chi connectivity index (χ0n) is 31.2. The van der Waals surface area contributed by atoms with Crippen molar-refractivity contribution in [3.8, 4) is 55.5 Å². The van der Waals surface area contributed by atoms with E-state index in [-0.39, 0.29) is 0 Å². The Labute approximate surface area is 339 Å². The number of nitrogens with zero attached hydrogens (tertiary/aromatic N) is 2. The molecule has 0 unspecified atom stereocenters. The normalized spacial score (nSPS) is 11.4. The fourth-order valence-electron chi connectivity index (χ4n) is 7.71. The number of thiazole rings is 1. The first-order valence-electron chi connectivity index (χ1n) is 19.3. The molecular formula is C53H34N2O2S. The van der Waals surface area contributed by atoms with Gasteiger partial charge in [-0.25, -0.2) is 4.98 Å². The zero-order valence-corrected chi connectivity index (χ0v) is 32.1. The molecule has 0 atom stereocenters. The molecule has 58 heavy (non-hydrogen) atoms. The molecule has 0 saturated carbocycles. The zero-order chi connectivity index (χ0) is 38.4. The number of para-hydroxylation sites is 2. The van der Waals surface area contributed by atoms with Crippen molar-refractivity contribution >= 4 is 60.6 Å². The lowest BCUT2D eigenvalue weighted by Crippen LogP contribution is -2.09. The van der Waals surface area contributed by atoms with Gasteiger partial charge in [-0.3, -0.25) is 0 Å². The molecular weight excluding hydrogens is 729 g/mol. The van der Waals surface area contributed by atoms with Gasteiger partial charge in [-0.15, -0.1) is 11.3 Å². The van der Waals surface area contributed by atoms with Crippen molar-refractivity contribution < 1.29 is 8.83 Å². The molecule has 8 aromatic carbocycles. The summed E-state index contributed by atoms with van der Waals surface area (Å²) in [6, 6.07) is 72.2. The van der Waals surface area contributed by atoms with Crippen LogP contribution in [0, 0.1) is 0 Å². The van der Waals surface area contributed by atoms with E-state index in [4.69, 9.17) is 13.8 Å². The van der Waals surface area contributed by atoms with Crippen molar-refractivity contribution in [3.63, 3.8) is 0 Å². The van der Waals surface area contributed by atoms with E-state index in [0.29, 0.717) is 0 Å². The summed E-state index contributed by atoms with van der Waals surface area (Å²) in [5.41, 5.74) is 13.8. The summed E-state index contributed by atoms with van der Waals surface area (Å²) < 4.78 is 13.6. The Hall–Kier alpha value is -7.47. The van der Waals surface area contributed by atoms with Gasteiger partial charge >= 0.3 is 0 Å². The molecule has 0 saturated heterocycles. The molecule has 0 aliphatic rings. The lowest BCUT2D eigenvalue weighted by molar-refractivity contribution is 0.631. The first-order valence-corrected chi connectivity index (χ1v) is 20.2. The third-order valence-electron chi connectivity index (χ3n) is 10.8. The standard InChI is InChI=1S/C53H34N2O2S/c1-2-8-40(9-3-1)53-54-47-31-24-41(34-52(47)58-53)37-16-14-35(15-17-37)36-18-25-44(26-19-36)55(45-27-20-38(21-28-45)50-32-42-10-4-6-12-48(42)56-50)46-29-22-39(23-30-46)51-33-43-11-5-7-13-49(43)57-51/h1-34H. The fourth-order valence-corrected chi connectivity index (χ4v) is 8.72. The van der Waals surface area contributed by atoms with Gasteiger partial charge in [0.05, 0.1) is 10.2 Å². The van der Waals surface area contributed by atoms with Gasteiger partial charge in [0.15, 0.2) is 0 Å². The quantitative estimate of drug-likeness (QED) is 0.155. The van der Waals surface area contributed by atoms with E-state index in [1.807, 2.05) is 42.5 Å². The van der Waals surface area contributed by atoms with Crippen LogP contribution in [0.25, 0.3) is 87.6 Å². The van der Waals surface area contributed by atoms with Crippen LogP contribution in [-0.4, -0.2) is 4.98 Å². The summed E-state index contributed by atoms with van der Waals surface area (Å²) in [7, 11) is 0. The molecule has 0 aliphatic carbocycles. The maximum atomic E-state index is 6.20. The second kappa shape index (κ2) is 14.2. The molecule has 0 aliphatic heterocycles. The van der Waals surface area contributed by atoms with Gasteiger partial charge in [-0.05, 0) is 119 Å². The molecule has 3 heterocycles. The molecule has 4 nitrogen and oxygen atoms in total. The Morgan fingerprint density at radius 1 is 0.362 bits per heavy atom. The third kappa shape index (κ3) is 6.34. The number of fused-ring (bicyclic) bond motifs is 3. The Kier molecular flexibility index (Phi) is 8.30. The number of aromatic nitrogens is 1. The number of hydrogen-bond donors (Lipinski definition) is 0. The highest BCUT2D eigenvalue weighted by atomic mass is 32.1. The maximum absolute atomic E-state index is 6.20. The molecule has 0 fully saturated rings. The lowest BCUT2D eigenvalue weighted by atomic mass is 10.00. The van der Waals surface area contributed by atoms with Crippen LogP contribution in [0.2, 0.25) is 0 Å². The number of furan rings is 2. The number of anilines is 3. The predicted octanol–water partition coefficient (Wildman–Crippen LogP) is 15.6. The number of benzene rings is 8. The van der Waals surface area contributed by atoms with E-state index in [1.54, 1.807) is 11.3 Å². The largest absolute Gasteiger partial charge is 0.456 e. The summed E-state index contributed by atoms with van der Waals surface area (Å²) in [6.07, 6.45) is 0. The smallest absolute Gasteiger partial charge is 0.135 e. The van der Waals surface area contributed by atoms with E-state index in [1.165, 1.54) is 15.8 Å². The van der Waals surface area contributed by atoms with Crippen LogP contribution in [0.5, 0.6) is 0 Å². The minimum absolute atomic E-state index is 0.853. The van der Waals surface area contributed by atoms with E-state index in [0.717, 1.165) is 88.9 Å². The van der Waals surface area contributed by atoms with Gasteiger partial charge in [0, 0.05) is 44.5 Å². The van der Waals surface area contributed by atoms with Crippen molar-refractivity contribution in [2.75, 3.05) is 4.90 Å². The monoisotopic (exact) mass is 762 g/mol. The van der Waals surface area contributed by atoms with Crippen molar-refractivity contribution in [3.05, 3.63) is 206 Å². The van der Waals surface area contributed by atoms with Gasteiger partial charge in [-0.2, -0.15) is 0 Å². The van der Waals surface area contributed by atoms with Crippen molar-refractivity contribution in [1.82, 2.24) is 4.98 Å². The number of rotatable bonds is 8. The lowest BCUT2D eigenvalue weighted by Gasteiger charge is -2.26. The van der Waals surface area contributed by atoms with Crippen LogP contribution < -0.4 is 4.90 Å². The van der Waals surface area contributed by atoms with Crippen molar-refractivity contribution in [1.29, 1.82) is 0 Å². The SMILES string of the molecule is c1ccc(-c2nc3ccc(-c4ccc(-c5ccc(N(c6ccc(-c7cc8ccccc8o7)cc6)c6ccc(-c7cc8ccccc8o7)cc6)cc5)cc4)cc3s2)cc1. The summed E-state index contributed by atoms with van der Waals surface area (Å²) >= 11 is 1.74. The first-order chi connectivity index (χ1) is 28.7. The molecule has 274 valence electrons. The Balaban J connectivity index is 0.894. The highest BCUT2D eigenvalue weighted by Crippen LogP contribution is 2.39.